The topological polar surface area (TPSA) is 160 Å². The van der Waals surface area contributed by atoms with E-state index in [1.54, 1.807) is 18.2 Å². The monoisotopic (exact) mass is 489 g/mol. The molecule has 0 aliphatic heterocycles. The number of aromatic nitrogens is 1. The number of hydrogen-bond donors (Lipinski definition) is 0. The molecule has 1 aromatic carbocycles. The zero-order valence-corrected chi connectivity index (χ0v) is 22.8. The Morgan fingerprint density at radius 2 is 1.47 bits per heavy atom. The van der Waals surface area contributed by atoms with Crippen molar-refractivity contribution in [2.24, 2.45) is 0 Å². The molecule has 2 heterocycles. The number of ether oxygens (including phenoxy) is 4. The van der Waals surface area contributed by atoms with E-state index in [4.69, 9.17) is 23.4 Å². The molecule has 0 fully saturated rings. The van der Waals surface area contributed by atoms with Crippen LogP contribution in [0.15, 0.2) is 45.6 Å². The van der Waals surface area contributed by atoms with Crippen LogP contribution in [0.4, 0.5) is 0 Å². The maximum atomic E-state index is 11.6. The second-order valence-corrected chi connectivity index (χ2v) is 6.25. The first-order valence-electron chi connectivity index (χ1n) is 9.27. The van der Waals surface area contributed by atoms with Gasteiger partial charge in [0.05, 0.1) is 55.1 Å². The Labute approximate surface area is 237 Å². The third-order valence-corrected chi connectivity index (χ3v) is 4.11. The van der Waals surface area contributed by atoms with Gasteiger partial charge in [0.1, 0.15) is 36.0 Å². The normalized spacial score (nSPS) is 10.0. The number of nitrogens with zero attached hydrogens (tertiary/aromatic N) is 1. The Bertz CT molecular complexity index is 1170. The molecule has 0 N–H and O–H groups in total. The molecule has 0 saturated carbocycles. The van der Waals surface area contributed by atoms with Crippen LogP contribution in [0.3, 0.4) is 0 Å². The summed E-state index contributed by atoms with van der Waals surface area (Å²) in [6.07, 6.45) is 0. The average Bonchev–Trinajstić information content (AvgIpc) is 2.77. The fourth-order valence-electron chi connectivity index (χ4n) is 2.71. The molecule has 0 saturated heterocycles. The first-order chi connectivity index (χ1) is 15.4. The summed E-state index contributed by atoms with van der Waals surface area (Å²) in [6, 6.07) is 8.30. The molecule has 11 nitrogen and oxygen atoms in total. The summed E-state index contributed by atoms with van der Waals surface area (Å²) in [5.41, 5.74) is -1.38. The number of methoxy groups -OCH3 is 1. The molecular formula is C21H17NNa2O10. The first-order valence-corrected chi connectivity index (χ1v) is 9.27. The summed E-state index contributed by atoms with van der Waals surface area (Å²) in [5, 5.41) is 22.4. The van der Waals surface area contributed by atoms with E-state index in [-0.39, 0.29) is 91.3 Å². The van der Waals surface area contributed by atoms with Gasteiger partial charge < -0.3 is 43.2 Å². The number of carbonyl (C=O) groups excluding carboxylic acids is 2. The molecule has 0 unspecified atom stereocenters. The van der Waals surface area contributed by atoms with Crippen LogP contribution in [0.5, 0.6) is 17.2 Å². The van der Waals surface area contributed by atoms with Crippen LogP contribution in [0, 0.1) is 0 Å². The van der Waals surface area contributed by atoms with E-state index >= 15 is 0 Å². The Morgan fingerprint density at radius 1 is 0.882 bits per heavy atom. The molecular weight excluding hydrogens is 472 g/mol. The number of carbonyl (C=O) groups is 2. The minimum Gasteiger partial charge on any atom is -0.543 e. The predicted molar refractivity (Wildman–Crippen MR) is 104 cm³/mol. The van der Waals surface area contributed by atoms with Crippen molar-refractivity contribution in [1.29, 1.82) is 0 Å². The van der Waals surface area contributed by atoms with Crippen LogP contribution in [0.2, 0.25) is 0 Å². The number of hydrogen-bond acceptors (Lipinski definition) is 11. The van der Waals surface area contributed by atoms with Crippen molar-refractivity contribution in [3.8, 4) is 17.2 Å². The largest absolute Gasteiger partial charge is 1.00 e. The third kappa shape index (κ3) is 8.27. The molecule has 3 aromatic rings. The number of benzene rings is 1. The Kier molecular flexibility index (Phi) is 12.6. The number of pyridine rings is 1. The summed E-state index contributed by atoms with van der Waals surface area (Å²) in [7, 11) is 1.46. The van der Waals surface area contributed by atoms with Gasteiger partial charge in [-0.05, 0) is 12.1 Å². The summed E-state index contributed by atoms with van der Waals surface area (Å²) in [4.78, 5) is 36.7. The smallest absolute Gasteiger partial charge is 0.543 e. The fourth-order valence-corrected chi connectivity index (χ4v) is 2.71. The van der Waals surface area contributed by atoms with Crippen molar-refractivity contribution in [2.75, 3.05) is 33.5 Å². The summed E-state index contributed by atoms with van der Waals surface area (Å²) in [5.74, 6) is -2.43. The number of carboxylic acid groups (broad SMARTS) is 2. The summed E-state index contributed by atoms with van der Waals surface area (Å²) in [6.45, 7) is 0.535. The quantitative estimate of drug-likeness (QED) is 0.143. The molecule has 34 heavy (non-hydrogen) atoms. The van der Waals surface area contributed by atoms with Gasteiger partial charge in [-0.3, -0.25) is 0 Å². The number of rotatable bonds is 11. The van der Waals surface area contributed by atoms with Gasteiger partial charge >= 0.3 is 64.7 Å². The van der Waals surface area contributed by atoms with Gasteiger partial charge in [-0.1, -0.05) is 0 Å². The van der Waals surface area contributed by atoms with E-state index < -0.39 is 29.0 Å². The third-order valence-electron chi connectivity index (χ3n) is 4.11. The zero-order chi connectivity index (χ0) is 23.1. The minimum atomic E-state index is -1.64. The standard InChI is InChI=1S/C21H19NO10.2Na/c1-28-17-11-19(23)32-18-10-12(2-3-14(17)18)30-6-4-29-5-7-31-13-8-15(20(24)25)22-16(9-13)21(26)27;;/h2-3,8-11H,4-7H2,1H3,(H,24,25)(H,26,27);;/q;2*+1/p-2. The van der Waals surface area contributed by atoms with Gasteiger partial charge in [0.2, 0.25) is 0 Å². The van der Waals surface area contributed by atoms with Gasteiger partial charge in [0.15, 0.2) is 0 Å². The Hall–Kier alpha value is -2.12. The maximum Gasteiger partial charge on any atom is 1.00 e. The molecule has 2 aromatic heterocycles. The zero-order valence-electron chi connectivity index (χ0n) is 18.8. The van der Waals surface area contributed by atoms with Crippen molar-refractivity contribution in [1.82, 2.24) is 4.98 Å². The second kappa shape index (κ2) is 14.3. The van der Waals surface area contributed by atoms with Crippen molar-refractivity contribution in [2.45, 2.75) is 0 Å². The van der Waals surface area contributed by atoms with Crippen LogP contribution in [0.25, 0.3) is 11.0 Å². The summed E-state index contributed by atoms with van der Waals surface area (Å²) < 4.78 is 26.5. The van der Waals surface area contributed by atoms with Gasteiger partial charge in [-0.2, -0.15) is 0 Å². The van der Waals surface area contributed by atoms with E-state index in [1.165, 1.54) is 13.2 Å². The Morgan fingerprint density at radius 3 is 2.03 bits per heavy atom. The van der Waals surface area contributed by atoms with E-state index in [2.05, 4.69) is 4.98 Å². The SMILES string of the molecule is COc1cc(=O)oc2cc(OCCOCCOc3cc(C(=O)[O-])nc(C(=O)[O-])c3)ccc12.[Na+].[Na+]. The van der Waals surface area contributed by atoms with Crippen LogP contribution in [0.1, 0.15) is 21.0 Å². The van der Waals surface area contributed by atoms with Gasteiger partial charge in [-0.25, -0.2) is 9.78 Å². The molecule has 0 bridgehead atoms. The van der Waals surface area contributed by atoms with Crippen molar-refractivity contribution >= 4 is 22.9 Å². The van der Waals surface area contributed by atoms with Crippen LogP contribution in [-0.4, -0.2) is 50.5 Å². The predicted octanol–water partition coefficient (Wildman–Crippen LogP) is -6.59. The van der Waals surface area contributed by atoms with Gasteiger partial charge in [-0.15, -0.1) is 0 Å². The molecule has 0 radical (unpaired) electrons. The molecule has 168 valence electrons. The van der Waals surface area contributed by atoms with Crippen LogP contribution < -0.4 is 89.2 Å². The van der Waals surface area contributed by atoms with E-state index in [1.807, 2.05) is 0 Å². The molecule has 0 spiro atoms. The number of carboxylic acids is 2. The molecule has 0 amide bonds. The van der Waals surface area contributed by atoms with Gasteiger partial charge in [0.25, 0.3) is 0 Å². The maximum absolute atomic E-state index is 11.6. The van der Waals surface area contributed by atoms with Crippen molar-refractivity contribution in [3.63, 3.8) is 0 Å². The minimum absolute atomic E-state index is 0. The fraction of sp³-hybridized carbons (Fsp3) is 0.238. The molecule has 13 heteroatoms. The van der Waals surface area contributed by atoms with Crippen LogP contribution in [-0.2, 0) is 4.74 Å². The van der Waals surface area contributed by atoms with Crippen molar-refractivity contribution in [3.05, 3.63) is 58.2 Å². The second-order valence-electron chi connectivity index (χ2n) is 6.25. The molecule has 3 rings (SSSR count). The van der Waals surface area contributed by atoms with Crippen molar-refractivity contribution < 1.29 is 102 Å². The Balaban J connectivity index is 0.00000289. The number of aromatic carboxylic acids is 2. The number of fused-ring (bicyclic) bond motifs is 1. The van der Waals surface area contributed by atoms with E-state index in [9.17, 15) is 24.6 Å². The van der Waals surface area contributed by atoms with Gasteiger partial charge in [0, 0.05) is 18.2 Å². The molecule has 0 aliphatic carbocycles. The molecule has 0 atom stereocenters. The van der Waals surface area contributed by atoms with E-state index in [0.717, 1.165) is 12.1 Å². The van der Waals surface area contributed by atoms with Crippen LogP contribution >= 0.6 is 0 Å². The van der Waals surface area contributed by atoms with E-state index in [0.29, 0.717) is 22.5 Å². The first kappa shape index (κ1) is 29.9. The average molecular weight is 489 g/mol. The summed E-state index contributed by atoms with van der Waals surface area (Å²) >= 11 is 0. The molecule has 0 aliphatic rings.